The number of imidazole rings is 1. The zero-order chi connectivity index (χ0) is 15.1. The van der Waals surface area contributed by atoms with Gasteiger partial charge in [0.1, 0.15) is 0 Å². The Labute approximate surface area is 130 Å². The van der Waals surface area contributed by atoms with E-state index in [1.807, 2.05) is 10.8 Å². The summed E-state index contributed by atoms with van der Waals surface area (Å²) in [5.74, 6) is -0.377. The molecule has 0 bridgehead atoms. The Morgan fingerprint density at radius 2 is 2.29 bits per heavy atom. The number of carbonyl (C=O) groups excluding carboxylic acids is 2. The first kappa shape index (κ1) is 15.6. The molecular formula is C13H16N4O2S2. The minimum Gasteiger partial charge on any atom is -0.326 e. The molecule has 0 saturated carbocycles. The van der Waals surface area contributed by atoms with E-state index in [0.29, 0.717) is 4.88 Å². The minimum absolute atomic E-state index is 0.200. The molecule has 2 amide bonds. The van der Waals surface area contributed by atoms with Gasteiger partial charge >= 0.3 is 0 Å². The van der Waals surface area contributed by atoms with Gasteiger partial charge in [-0.05, 0) is 17.9 Å². The van der Waals surface area contributed by atoms with E-state index in [0.717, 1.165) is 18.1 Å². The van der Waals surface area contributed by atoms with Gasteiger partial charge in [0.2, 0.25) is 5.91 Å². The van der Waals surface area contributed by atoms with Gasteiger partial charge in [0.05, 0.1) is 10.6 Å². The van der Waals surface area contributed by atoms with Crippen molar-refractivity contribution < 1.29 is 9.59 Å². The normalized spacial score (nSPS) is 10.3. The van der Waals surface area contributed by atoms with Crippen LogP contribution in [-0.2, 0) is 11.3 Å². The molecule has 0 radical (unpaired) electrons. The van der Waals surface area contributed by atoms with Crippen LogP contribution in [0.2, 0.25) is 0 Å². The van der Waals surface area contributed by atoms with E-state index in [2.05, 4.69) is 22.8 Å². The number of carbonyl (C=O) groups is 2. The van der Waals surface area contributed by atoms with E-state index in [9.17, 15) is 9.59 Å². The quantitative estimate of drug-likeness (QED) is 0.629. The minimum atomic E-state index is -0.309. The summed E-state index contributed by atoms with van der Waals surface area (Å²) in [7, 11) is 0. The van der Waals surface area contributed by atoms with Crippen molar-refractivity contribution in [1.29, 1.82) is 0 Å². The van der Waals surface area contributed by atoms with Crippen LogP contribution in [0.4, 0.5) is 0 Å². The maximum absolute atomic E-state index is 11.7. The first-order chi connectivity index (χ1) is 10.2. The molecule has 0 spiro atoms. The summed E-state index contributed by atoms with van der Waals surface area (Å²) in [6.45, 7) is 2.96. The second-order valence-corrected chi connectivity index (χ2v) is 6.06. The fraction of sp³-hybridized carbons (Fsp3) is 0.308. The Morgan fingerprint density at radius 1 is 1.43 bits per heavy atom. The summed E-state index contributed by atoms with van der Waals surface area (Å²) in [6.07, 6.45) is 4.61. The molecule has 0 atom stereocenters. The van der Waals surface area contributed by atoms with Gasteiger partial charge in [0.25, 0.3) is 5.91 Å². The van der Waals surface area contributed by atoms with Crippen molar-refractivity contribution in [3.05, 3.63) is 34.8 Å². The summed E-state index contributed by atoms with van der Waals surface area (Å²) in [6, 6.07) is 3.48. The van der Waals surface area contributed by atoms with Gasteiger partial charge in [-0.3, -0.25) is 20.4 Å². The summed E-state index contributed by atoms with van der Waals surface area (Å²) in [5, 5.41) is 2.61. The molecule has 2 aromatic heterocycles. The van der Waals surface area contributed by atoms with Crippen LogP contribution in [0, 0.1) is 0 Å². The van der Waals surface area contributed by atoms with Crippen LogP contribution in [0.25, 0.3) is 0 Å². The highest BCUT2D eigenvalue weighted by Crippen LogP contribution is 2.15. The molecular weight excluding hydrogens is 308 g/mol. The first-order valence-corrected chi connectivity index (χ1v) is 8.34. The van der Waals surface area contributed by atoms with E-state index in [1.54, 1.807) is 23.7 Å². The molecule has 112 valence electrons. The van der Waals surface area contributed by atoms with E-state index in [4.69, 9.17) is 0 Å². The van der Waals surface area contributed by atoms with Crippen molar-refractivity contribution in [2.75, 3.05) is 5.75 Å². The lowest BCUT2D eigenvalue weighted by Crippen LogP contribution is -2.42. The molecule has 2 N–H and O–H groups in total. The highest BCUT2D eigenvalue weighted by Gasteiger charge is 2.10. The number of hydrogen-bond acceptors (Lipinski definition) is 5. The number of thiophene rings is 1. The monoisotopic (exact) mass is 324 g/mol. The molecule has 2 heterocycles. The standard InChI is InChI=1S/C13H16N4O2S2/c1-2-6-17-7-5-14-13(17)21-9-11(18)15-16-12(19)10-4-3-8-20-10/h3-5,7-8H,2,6,9H2,1H3,(H,15,18)(H,16,19). The molecule has 21 heavy (non-hydrogen) atoms. The average molecular weight is 324 g/mol. The molecule has 0 aliphatic rings. The van der Waals surface area contributed by atoms with Gasteiger partial charge in [-0.15, -0.1) is 11.3 Å². The van der Waals surface area contributed by atoms with Crippen LogP contribution in [-0.4, -0.2) is 27.1 Å². The maximum atomic E-state index is 11.7. The van der Waals surface area contributed by atoms with Crippen molar-refractivity contribution in [2.24, 2.45) is 0 Å². The summed E-state index contributed by atoms with van der Waals surface area (Å²) in [5.41, 5.74) is 4.78. The second kappa shape index (κ2) is 7.84. The predicted molar refractivity (Wildman–Crippen MR) is 83.2 cm³/mol. The van der Waals surface area contributed by atoms with Crippen molar-refractivity contribution in [1.82, 2.24) is 20.4 Å². The summed E-state index contributed by atoms with van der Waals surface area (Å²) >= 11 is 2.66. The Kier molecular flexibility index (Phi) is 5.82. The second-order valence-electron chi connectivity index (χ2n) is 4.17. The van der Waals surface area contributed by atoms with Gasteiger partial charge in [-0.2, -0.15) is 0 Å². The lowest BCUT2D eigenvalue weighted by Gasteiger charge is -2.07. The van der Waals surface area contributed by atoms with Crippen molar-refractivity contribution in [3.63, 3.8) is 0 Å². The average Bonchev–Trinajstić information content (AvgIpc) is 3.14. The SMILES string of the molecule is CCCn1ccnc1SCC(=O)NNC(=O)c1cccs1. The molecule has 2 aromatic rings. The van der Waals surface area contributed by atoms with E-state index < -0.39 is 0 Å². The number of rotatable bonds is 6. The van der Waals surface area contributed by atoms with Gasteiger partial charge in [0, 0.05) is 18.9 Å². The summed E-state index contributed by atoms with van der Waals surface area (Å²) in [4.78, 5) is 28.1. The molecule has 0 aliphatic heterocycles. The molecule has 2 rings (SSSR count). The van der Waals surface area contributed by atoms with Crippen LogP contribution in [0.5, 0.6) is 0 Å². The Balaban J connectivity index is 1.75. The Morgan fingerprint density at radius 3 is 3.00 bits per heavy atom. The van der Waals surface area contributed by atoms with Crippen LogP contribution in [0.1, 0.15) is 23.0 Å². The fourth-order valence-electron chi connectivity index (χ4n) is 1.61. The zero-order valence-electron chi connectivity index (χ0n) is 11.5. The number of aryl methyl sites for hydroxylation is 1. The highest BCUT2D eigenvalue weighted by molar-refractivity contribution is 7.99. The largest absolute Gasteiger partial charge is 0.326 e. The lowest BCUT2D eigenvalue weighted by atomic mass is 10.4. The molecule has 0 unspecified atom stereocenters. The van der Waals surface area contributed by atoms with Gasteiger partial charge in [0.15, 0.2) is 5.16 Å². The molecule has 0 aromatic carbocycles. The van der Waals surface area contributed by atoms with Gasteiger partial charge < -0.3 is 4.57 Å². The number of thioether (sulfide) groups is 1. The van der Waals surface area contributed by atoms with Crippen molar-refractivity contribution in [3.8, 4) is 0 Å². The van der Waals surface area contributed by atoms with Crippen LogP contribution < -0.4 is 10.9 Å². The van der Waals surface area contributed by atoms with E-state index >= 15 is 0 Å². The summed E-state index contributed by atoms with van der Waals surface area (Å²) < 4.78 is 2.00. The number of aromatic nitrogens is 2. The predicted octanol–water partition coefficient (Wildman–Crippen LogP) is 1.91. The Hall–Kier alpha value is -1.80. The number of nitrogens with one attached hydrogen (secondary N) is 2. The van der Waals surface area contributed by atoms with Gasteiger partial charge in [-0.1, -0.05) is 24.8 Å². The van der Waals surface area contributed by atoms with Crippen LogP contribution >= 0.6 is 23.1 Å². The van der Waals surface area contributed by atoms with Crippen LogP contribution in [0.3, 0.4) is 0 Å². The number of nitrogens with zero attached hydrogens (tertiary/aromatic N) is 2. The smallest absolute Gasteiger partial charge is 0.279 e. The van der Waals surface area contributed by atoms with Crippen LogP contribution in [0.15, 0.2) is 35.1 Å². The molecule has 0 fully saturated rings. The third kappa shape index (κ3) is 4.61. The number of hydrogen-bond donors (Lipinski definition) is 2. The highest BCUT2D eigenvalue weighted by atomic mass is 32.2. The van der Waals surface area contributed by atoms with Crippen molar-refractivity contribution in [2.45, 2.75) is 25.0 Å². The first-order valence-electron chi connectivity index (χ1n) is 6.47. The molecule has 6 nitrogen and oxygen atoms in total. The molecule has 0 saturated heterocycles. The van der Waals surface area contributed by atoms with Gasteiger partial charge in [-0.25, -0.2) is 4.98 Å². The fourth-order valence-corrected chi connectivity index (χ4v) is 3.01. The topological polar surface area (TPSA) is 76.0 Å². The molecule has 0 aliphatic carbocycles. The number of hydrazine groups is 1. The number of amides is 2. The maximum Gasteiger partial charge on any atom is 0.279 e. The third-order valence-corrected chi connectivity index (χ3v) is 4.41. The third-order valence-electron chi connectivity index (χ3n) is 2.53. The molecule has 8 heteroatoms. The lowest BCUT2D eigenvalue weighted by molar-refractivity contribution is -0.119. The zero-order valence-corrected chi connectivity index (χ0v) is 13.2. The Bertz CT molecular complexity index is 595. The van der Waals surface area contributed by atoms with Crippen molar-refractivity contribution >= 4 is 34.9 Å². The van der Waals surface area contributed by atoms with E-state index in [1.165, 1.54) is 23.1 Å². The van der Waals surface area contributed by atoms with E-state index in [-0.39, 0.29) is 17.6 Å².